The number of anilines is 3. The number of hydrogen-bond donors (Lipinski definition) is 3. The lowest BCUT2D eigenvalue weighted by atomic mass is 10.1. The van der Waals surface area contributed by atoms with Crippen LogP contribution in [0.2, 0.25) is 0 Å². The molecule has 12 nitrogen and oxygen atoms in total. The lowest BCUT2D eigenvalue weighted by Crippen LogP contribution is -2.35. The SMILES string of the molecule is C=CC1/C(=C\C/C=C\CC)NC(=Nc2cc(NC(=O)c3cc(CN(CC)CCN(C)C)n(C(C)(C)C)n3)ccc2C)N1c1cc(N)ncn1. The number of rotatable bonds is 14. The molecule has 1 unspecified atom stereocenters. The first-order chi connectivity index (χ1) is 23.3. The Labute approximate surface area is 291 Å². The van der Waals surface area contributed by atoms with Gasteiger partial charge in [-0.3, -0.25) is 19.3 Å². The second-order valence-electron chi connectivity index (χ2n) is 13.4. The van der Waals surface area contributed by atoms with Gasteiger partial charge < -0.3 is 21.3 Å². The molecule has 0 saturated carbocycles. The van der Waals surface area contributed by atoms with E-state index < -0.39 is 0 Å². The summed E-state index contributed by atoms with van der Waals surface area (Å²) in [6.45, 7) is 20.1. The smallest absolute Gasteiger partial charge is 0.276 e. The van der Waals surface area contributed by atoms with Gasteiger partial charge in [0.05, 0.1) is 23.0 Å². The van der Waals surface area contributed by atoms with Crippen LogP contribution >= 0.6 is 0 Å². The maximum atomic E-state index is 13.6. The minimum atomic E-state index is -0.292. The van der Waals surface area contributed by atoms with E-state index in [0.717, 1.165) is 49.4 Å². The Hall–Kier alpha value is -4.81. The van der Waals surface area contributed by atoms with Gasteiger partial charge in [-0.2, -0.15) is 5.10 Å². The van der Waals surface area contributed by atoms with E-state index in [-0.39, 0.29) is 17.5 Å². The molecule has 0 spiro atoms. The number of guanidine groups is 1. The number of aromatic nitrogens is 4. The summed E-state index contributed by atoms with van der Waals surface area (Å²) < 4.78 is 1.96. The third kappa shape index (κ3) is 9.64. The molecular weight excluding hydrogens is 614 g/mol. The Kier molecular flexibility index (Phi) is 12.5. The van der Waals surface area contributed by atoms with Gasteiger partial charge in [0.1, 0.15) is 18.0 Å². The molecule has 1 aromatic carbocycles. The van der Waals surface area contributed by atoms with Crippen LogP contribution in [0.3, 0.4) is 0 Å². The van der Waals surface area contributed by atoms with E-state index in [4.69, 9.17) is 15.8 Å². The lowest BCUT2D eigenvalue weighted by Gasteiger charge is -2.26. The van der Waals surface area contributed by atoms with Crippen molar-refractivity contribution >= 4 is 34.9 Å². The number of aliphatic imine (C=N–C) groups is 1. The fraction of sp³-hybridized carbons (Fsp3) is 0.432. The van der Waals surface area contributed by atoms with Gasteiger partial charge in [-0.15, -0.1) is 6.58 Å². The largest absolute Gasteiger partial charge is 0.384 e. The first-order valence-electron chi connectivity index (χ1n) is 16.9. The van der Waals surface area contributed by atoms with Crippen molar-refractivity contribution in [3.63, 3.8) is 0 Å². The molecule has 1 saturated heterocycles. The predicted molar refractivity (Wildman–Crippen MR) is 201 cm³/mol. The molecule has 1 aliphatic rings. The summed E-state index contributed by atoms with van der Waals surface area (Å²) >= 11 is 0. The summed E-state index contributed by atoms with van der Waals surface area (Å²) in [5, 5.41) is 11.3. The van der Waals surface area contributed by atoms with E-state index >= 15 is 0 Å². The second kappa shape index (κ2) is 16.5. The van der Waals surface area contributed by atoms with Gasteiger partial charge in [0.25, 0.3) is 5.91 Å². The topological polar surface area (TPSA) is 133 Å². The van der Waals surface area contributed by atoms with Crippen molar-refractivity contribution in [2.24, 2.45) is 4.99 Å². The van der Waals surface area contributed by atoms with Crippen LogP contribution in [0.1, 0.15) is 69.2 Å². The molecular formula is C37H53N11O. The Morgan fingerprint density at radius 1 is 1.14 bits per heavy atom. The summed E-state index contributed by atoms with van der Waals surface area (Å²) in [5.74, 6) is 1.22. The number of nitrogen functional groups attached to an aromatic ring is 1. The van der Waals surface area contributed by atoms with E-state index in [2.05, 4.69) is 104 Å². The van der Waals surface area contributed by atoms with E-state index in [1.807, 2.05) is 46.8 Å². The number of hydrogen-bond acceptors (Lipinski definition) is 8. The quantitative estimate of drug-likeness (QED) is 0.181. The van der Waals surface area contributed by atoms with Crippen LogP contribution in [-0.2, 0) is 12.1 Å². The van der Waals surface area contributed by atoms with Crippen LogP contribution in [0.4, 0.5) is 23.0 Å². The first-order valence-corrected chi connectivity index (χ1v) is 16.9. The maximum absolute atomic E-state index is 13.6. The summed E-state index contributed by atoms with van der Waals surface area (Å²) in [6, 6.07) is 9.05. The van der Waals surface area contributed by atoms with E-state index in [0.29, 0.717) is 41.2 Å². The Bertz CT molecular complexity index is 1700. The standard InChI is InChI=1S/C37H53N11O/c1-10-13-14-15-16-29-32(11-2)47(34-23-33(38)39-25-40-34)36(42-29)43-30-21-27(18-17-26(30)4)41-35(49)31-22-28(48(44-31)37(5,6)7)24-46(12-3)20-19-45(8)9/h11,13-14,16-18,21-23,25,32H,2,10,12,15,19-20,24H2,1,3-9H3,(H,41,49)(H,42,43)(H2,38,39,40)/b14-13-,29-16+. The lowest BCUT2D eigenvalue weighted by molar-refractivity contribution is 0.102. The summed E-state index contributed by atoms with van der Waals surface area (Å²) in [7, 11) is 4.15. The Morgan fingerprint density at radius 3 is 2.57 bits per heavy atom. The molecule has 4 N–H and O–H groups in total. The summed E-state index contributed by atoms with van der Waals surface area (Å²) in [5.41, 5.74) is 10.3. The minimum Gasteiger partial charge on any atom is -0.384 e. The van der Waals surface area contributed by atoms with Crippen molar-refractivity contribution < 1.29 is 4.79 Å². The number of carbonyl (C=O) groups is 1. The van der Waals surface area contributed by atoms with Crippen molar-refractivity contribution in [2.45, 2.75) is 72.5 Å². The van der Waals surface area contributed by atoms with Crippen molar-refractivity contribution in [2.75, 3.05) is 49.7 Å². The molecule has 1 aliphatic heterocycles. The third-order valence-corrected chi connectivity index (χ3v) is 8.14. The fourth-order valence-corrected chi connectivity index (χ4v) is 5.48. The van der Waals surface area contributed by atoms with Crippen molar-refractivity contribution in [3.8, 4) is 0 Å². The molecule has 3 aromatic rings. The van der Waals surface area contributed by atoms with Crippen molar-refractivity contribution in [1.82, 2.24) is 34.9 Å². The molecule has 4 rings (SSSR count). The molecule has 2 aromatic heterocycles. The second-order valence-corrected chi connectivity index (χ2v) is 13.4. The van der Waals surface area contributed by atoms with Gasteiger partial charge in [-0.05, 0) is 84.9 Å². The maximum Gasteiger partial charge on any atom is 0.276 e. The molecule has 0 radical (unpaired) electrons. The highest BCUT2D eigenvalue weighted by Crippen LogP contribution is 2.30. The molecule has 262 valence electrons. The minimum absolute atomic E-state index is 0.245. The number of nitrogens with one attached hydrogen (secondary N) is 2. The number of benzene rings is 1. The molecule has 3 heterocycles. The molecule has 12 heteroatoms. The molecule has 0 bridgehead atoms. The molecule has 49 heavy (non-hydrogen) atoms. The van der Waals surface area contributed by atoms with Crippen LogP contribution in [0.25, 0.3) is 0 Å². The fourth-order valence-electron chi connectivity index (χ4n) is 5.48. The average molecular weight is 668 g/mol. The zero-order valence-corrected chi connectivity index (χ0v) is 30.4. The predicted octanol–water partition coefficient (Wildman–Crippen LogP) is 5.85. The molecule has 1 fully saturated rings. The monoisotopic (exact) mass is 667 g/mol. The van der Waals surface area contributed by atoms with Crippen molar-refractivity contribution in [3.05, 3.63) is 90.2 Å². The van der Waals surface area contributed by atoms with Crippen LogP contribution in [0.15, 0.2) is 78.2 Å². The third-order valence-electron chi connectivity index (χ3n) is 8.14. The highest BCUT2D eigenvalue weighted by molar-refractivity contribution is 6.04. The number of allylic oxidation sites excluding steroid dienone is 3. The summed E-state index contributed by atoms with van der Waals surface area (Å²) in [6.07, 6.45) is 11.4. The van der Waals surface area contributed by atoms with E-state index in [9.17, 15) is 4.79 Å². The van der Waals surface area contributed by atoms with Crippen LogP contribution in [0.5, 0.6) is 0 Å². The van der Waals surface area contributed by atoms with Gasteiger partial charge >= 0.3 is 0 Å². The molecule has 0 aliphatic carbocycles. The zero-order valence-electron chi connectivity index (χ0n) is 30.4. The molecule has 1 atom stereocenters. The Balaban J connectivity index is 1.65. The van der Waals surface area contributed by atoms with Crippen LogP contribution in [-0.4, -0.2) is 81.2 Å². The number of likely N-dealkylation sites (N-methyl/N-ethyl adjacent to an activating group) is 2. The number of amides is 1. The number of nitrogens with zero attached hydrogens (tertiary/aromatic N) is 8. The normalized spacial score (nSPS) is 16.8. The molecule has 1 amide bonds. The highest BCUT2D eigenvalue weighted by atomic mass is 16.2. The zero-order chi connectivity index (χ0) is 35.7. The van der Waals surface area contributed by atoms with Crippen LogP contribution < -0.4 is 21.3 Å². The van der Waals surface area contributed by atoms with E-state index in [1.165, 1.54) is 6.33 Å². The van der Waals surface area contributed by atoms with Gasteiger partial charge in [0, 0.05) is 37.1 Å². The summed E-state index contributed by atoms with van der Waals surface area (Å²) in [4.78, 5) is 33.7. The van der Waals surface area contributed by atoms with Crippen LogP contribution in [0, 0.1) is 6.92 Å². The Morgan fingerprint density at radius 2 is 1.92 bits per heavy atom. The van der Waals surface area contributed by atoms with Crippen molar-refractivity contribution in [1.29, 1.82) is 0 Å². The van der Waals surface area contributed by atoms with Gasteiger partial charge in [0.2, 0.25) is 5.96 Å². The number of aryl methyl sites for hydroxylation is 1. The number of nitrogens with two attached hydrogens (primary N) is 1. The van der Waals surface area contributed by atoms with Gasteiger partial charge in [-0.25, -0.2) is 15.0 Å². The highest BCUT2D eigenvalue weighted by Gasteiger charge is 2.34. The van der Waals surface area contributed by atoms with Gasteiger partial charge in [0.15, 0.2) is 5.69 Å². The van der Waals surface area contributed by atoms with Gasteiger partial charge in [-0.1, -0.05) is 44.2 Å². The number of carbonyl (C=O) groups excluding carboxylic acids is 1. The first kappa shape index (κ1) is 37.0. The van der Waals surface area contributed by atoms with E-state index in [1.54, 1.807) is 6.07 Å². The average Bonchev–Trinajstić information content (AvgIpc) is 3.64.